The fourth-order valence-corrected chi connectivity index (χ4v) is 3.12. The third-order valence-electron chi connectivity index (χ3n) is 4.85. The Balaban J connectivity index is 1.72. The van der Waals surface area contributed by atoms with Gasteiger partial charge in [0.05, 0.1) is 12.7 Å². The van der Waals surface area contributed by atoms with E-state index >= 15 is 0 Å². The van der Waals surface area contributed by atoms with Crippen molar-refractivity contribution in [2.24, 2.45) is 5.92 Å². The summed E-state index contributed by atoms with van der Waals surface area (Å²) < 4.78 is 4.68. The second-order valence-electron chi connectivity index (χ2n) is 6.93. The van der Waals surface area contributed by atoms with Crippen LogP contribution in [0.1, 0.15) is 51.0 Å². The summed E-state index contributed by atoms with van der Waals surface area (Å²) >= 11 is 0. The van der Waals surface area contributed by atoms with Crippen LogP contribution >= 0.6 is 0 Å². The molecule has 0 saturated carbocycles. The minimum atomic E-state index is -0.488. The molecule has 3 rings (SSSR count). The number of ether oxygens (including phenoxy) is 1. The fraction of sp³-hybridized carbons (Fsp3) is 0.333. The molecule has 1 fully saturated rings. The van der Waals surface area contributed by atoms with E-state index in [4.69, 9.17) is 0 Å². The Morgan fingerprint density at radius 2 is 1.86 bits per heavy atom. The molecule has 0 spiro atoms. The molecule has 0 bridgehead atoms. The number of likely N-dealkylation sites (tertiary alicyclic amines) is 1. The number of nitrogens with one attached hydrogen (secondary N) is 1. The van der Waals surface area contributed by atoms with Gasteiger partial charge in [0.15, 0.2) is 0 Å². The molecule has 28 heavy (non-hydrogen) atoms. The van der Waals surface area contributed by atoms with Gasteiger partial charge in [0.1, 0.15) is 5.69 Å². The molecule has 146 valence electrons. The number of hydrogen-bond acceptors (Lipinski definition) is 5. The van der Waals surface area contributed by atoms with Gasteiger partial charge in [-0.1, -0.05) is 13.0 Å². The van der Waals surface area contributed by atoms with Gasteiger partial charge >= 0.3 is 5.97 Å². The highest BCUT2D eigenvalue weighted by Gasteiger charge is 2.22. The highest BCUT2D eigenvalue weighted by Crippen LogP contribution is 2.19. The van der Waals surface area contributed by atoms with Gasteiger partial charge < -0.3 is 15.0 Å². The standard InChI is InChI=1S/C21H23N3O4/c1-14-7-10-24(11-8-14)20(26)15-6-9-22-18(13-15)19(25)23-17-5-3-4-16(12-17)21(27)28-2/h3-6,9,12-14H,7-8,10-11H2,1-2H3,(H,23,25). The summed E-state index contributed by atoms with van der Waals surface area (Å²) in [4.78, 5) is 42.8. The monoisotopic (exact) mass is 381 g/mol. The molecule has 0 unspecified atom stereocenters. The molecule has 1 aromatic carbocycles. The maximum Gasteiger partial charge on any atom is 0.337 e. The van der Waals surface area contributed by atoms with Gasteiger partial charge in [-0.05, 0) is 49.1 Å². The maximum absolute atomic E-state index is 12.7. The average molecular weight is 381 g/mol. The summed E-state index contributed by atoms with van der Waals surface area (Å²) in [5.74, 6) is -0.402. The van der Waals surface area contributed by atoms with Gasteiger partial charge in [0, 0.05) is 30.5 Å². The van der Waals surface area contributed by atoms with Crippen LogP contribution in [0.15, 0.2) is 42.6 Å². The Hall–Kier alpha value is -3.22. The normalized spacial score (nSPS) is 14.4. The van der Waals surface area contributed by atoms with Crippen LogP contribution in [0, 0.1) is 5.92 Å². The first-order chi connectivity index (χ1) is 13.5. The third kappa shape index (κ3) is 4.54. The van der Waals surface area contributed by atoms with E-state index in [0.29, 0.717) is 22.7 Å². The van der Waals surface area contributed by atoms with Crippen molar-refractivity contribution in [1.82, 2.24) is 9.88 Å². The van der Waals surface area contributed by atoms with E-state index in [1.54, 1.807) is 24.3 Å². The molecule has 0 aliphatic carbocycles. The average Bonchev–Trinajstić information content (AvgIpc) is 2.73. The summed E-state index contributed by atoms with van der Waals surface area (Å²) in [5, 5.41) is 2.69. The van der Waals surface area contributed by atoms with Crippen LogP contribution < -0.4 is 5.32 Å². The molecule has 1 aromatic heterocycles. The molecular weight excluding hydrogens is 358 g/mol. The Morgan fingerprint density at radius 3 is 2.57 bits per heavy atom. The summed E-state index contributed by atoms with van der Waals surface area (Å²) in [6.45, 7) is 3.64. The minimum Gasteiger partial charge on any atom is -0.465 e. The second-order valence-corrected chi connectivity index (χ2v) is 6.93. The SMILES string of the molecule is COC(=O)c1cccc(NC(=O)c2cc(C(=O)N3CCC(C)CC3)ccn2)c1. The zero-order valence-electron chi connectivity index (χ0n) is 16.0. The maximum atomic E-state index is 12.7. The summed E-state index contributed by atoms with van der Waals surface area (Å²) in [6, 6.07) is 9.54. The van der Waals surface area contributed by atoms with Crippen LogP contribution in [-0.4, -0.2) is 47.9 Å². The van der Waals surface area contributed by atoms with E-state index in [0.717, 1.165) is 25.9 Å². The van der Waals surface area contributed by atoms with E-state index in [2.05, 4.69) is 22.0 Å². The number of carbonyl (C=O) groups excluding carboxylic acids is 3. The fourth-order valence-electron chi connectivity index (χ4n) is 3.12. The lowest BCUT2D eigenvalue weighted by Gasteiger charge is -2.30. The molecule has 2 amide bonds. The van der Waals surface area contributed by atoms with Gasteiger partial charge in [-0.25, -0.2) is 4.79 Å². The van der Waals surface area contributed by atoms with Gasteiger partial charge in [-0.2, -0.15) is 0 Å². The first kappa shape index (κ1) is 19.5. The first-order valence-corrected chi connectivity index (χ1v) is 9.23. The largest absolute Gasteiger partial charge is 0.465 e. The Labute approximate surface area is 163 Å². The number of aromatic nitrogens is 1. The molecule has 1 aliphatic heterocycles. The highest BCUT2D eigenvalue weighted by atomic mass is 16.5. The predicted molar refractivity (Wildman–Crippen MR) is 104 cm³/mol. The smallest absolute Gasteiger partial charge is 0.337 e. The van der Waals surface area contributed by atoms with Crippen LogP contribution in [0.2, 0.25) is 0 Å². The van der Waals surface area contributed by atoms with Gasteiger partial charge in [0.2, 0.25) is 0 Å². The number of piperidine rings is 1. The van der Waals surface area contributed by atoms with Crippen LogP contribution in [-0.2, 0) is 4.74 Å². The zero-order chi connectivity index (χ0) is 20.1. The van der Waals surface area contributed by atoms with Gasteiger partial charge in [-0.15, -0.1) is 0 Å². The van der Waals surface area contributed by atoms with Crippen molar-refractivity contribution in [1.29, 1.82) is 0 Å². The number of anilines is 1. The summed E-state index contributed by atoms with van der Waals surface area (Å²) in [7, 11) is 1.29. The number of amides is 2. The van der Waals surface area contributed by atoms with E-state index < -0.39 is 11.9 Å². The lowest BCUT2D eigenvalue weighted by molar-refractivity contribution is 0.0600. The molecule has 1 aliphatic rings. The van der Waals surface area contributed by atoms with Crippen molar-refractivity contribution in [3.05, 3.63) is 59.4 Å². The van der Waals surface area contributed by atoms with Crippen LogP contribution in [0.3, 0.4) is 0 Å². The van der Waals surface area contributed by atoms with E-state index in [9.17, 15) is 14.4 Å². The molecule has 1 saturated heterocycles. The second kappa shape index (κ2) is 8.65. The van der Waals surface area contributed by atoms with Crippen molar-refractivity contribution in [3.63, 3.8) is 0 Å². The molecule has 7 heteroatoms. The van der Waals surface area contributed by atoms with E-state index in [1.807, 2.05) is 4.90 Å². The Kier molecular flexibility index (Phi) is 6.03. The number of methoxy groups -OCH3 is 1. The number of carbonyl (C=O) groups is 3. The van der Waals surface area contributed by atoms with E-state index in [-0.39, 0.29) is 11.6 Å². The number of hydrogen-bond donors (Lipinski definition) is 1. The minimum absolute atomic E-state index is 0.0870. The van der Waals surface area contributed by atoms with Crippen LogP contribution in [0.25, 0.3) is 0 Å². The number of pyridine rings is 1. The number of nitrogens with zero attached hydrogens (tertiary/aromatic N) is 2. The quantitative estimate of drug-likeness (QED) is 0.823. The van der Waals surface area contributed by atoms with Crippen molar-refractivity contribution in [3.8, 4) is 0 Å². The first-order valence-electron chi connectivity index (χ1n) is 9.23. The Bertz CT molecular complexity index is 889. The molecule has 0 radical (unpaired) electrons. The lowest BCUT2D eigenvalue weighted by atomic mass is 9.98. The molecular formula is C21H23N3O4. The van der Waals surface area contributed by atoms with Gasteiger partial charge in [0.25, 0.3) is 11.8 Å². The molecule has 2 aromatic rings. The number of esters is 1. The predicted octanol–water partition coefficient (Wildman–Crippen LogP) is 2.99. The molecule has 0 atom stereocenters. The number of rotatable bonds is 4. The highest BCUT2D eigenvalue weighted by molar-refractivity contribution is 6.05. The molecule has 7 nitrogen and oxygen atoms in total. The number of benzene rings is 1. The van der Waals surface area contributed by atoms with Crippen molar-refractivity contribution < 1.29 is 19.1 Å². The lowest BCUT2D eigenvalue weighted by Crippen LogP contribution is -2.38. The van der Waals surface area contributed by atoms with E-state index in [1.165, 1.54) is 25.4 Å². The van der Waals surface area contributed by atoms with Crippen LogP contribution in [0.4, 0.5) is 5.69 Å². The van der Waals surface area contributed by atoms with Crippen molar-refractivity contribution in [2.45, 2.75) is 19.8 Å². The third-order valence-corrected chi connectivity index (χ3v) is 4.85. The summed E-state index contributed by atoms with van der Waals surface area (Å²) in [6.07, 6.45) is 3.43. The van der Waals surface area contributed by atoms with Crippen molar-refractivity contribution in [2.75, 3.05) is 25.5 Å². The topological polar surface area (TPSA) is 88.6 Å². The molecule has 2 heterocycles. The Morgan fingerprint density at radius 1 is 1.11 bits per heavy atom. The summed E-state index contributed by atoms with van der Waals surface area (Å²) in [5.41, 5.74) is 1.35. The van der Waals surface area contributed by atoms with Gasteiger partial charge in [-0.3, -0.25) is 14.6 Å². The zero-order valence-corrected chi connectivity index (χ0v) is 16.0. The van der Waals surface area contributed by atoms with Crippen molar-refractivity contribution >= 4 is 23.5 Å². The van der Waals surface area contributed by atoms with Crippen LogP contribution in [0.5, 0.6) is 0 Å². The molecule has 1 N–H and O–H groups in total.